The highest BCUT2D eigenvalue weighted by Crippen LogP contribution is 2.32. The minimum Gasteiger partial charge on any atom is -0.381 e. The van der Waals surface area contributed by atoms with Gasteiger partial charge in [0.25, 0.3) is 0 Å². The Hall–Kier alpha value is -2.27. The van der Waals surface area contributed by atoms with Crippen molar-refractivity contribution in [1.29, 1.82) is 0 Å². The van der Waals surface area contributed by atoms with E-state index in [0.717, 1.165) is 48.3 Å². The van der Waals surface area contributed by atoms with Crippen LogP contribution in [0.1, 0.15) is 24.5 Å². The first kappa shape index (κ1) is 13.4. The third kappa shape index (κ3) is 2.27. The zero-order valence-electron chi connectivity index (χ0n) is 12.1. The Kier molecular flexibility index (Phi) is 3.35. The smallest absolute Gasteiger partial charge is 0.123 e. The molecule has 0 radical (unpaired) electrons. The average molecular weight is 297 g/mol. The second kappa shape index (κ2) is 5.50. The number of pyridine rings is 1. The van der Waals surface area contributed by atoms with Gasteiger partial charge in [-0.1, -0.05) is 0 Å². The van der Waals surface area contributed by atoms with Gasteiger partial charge in [-0.2, -0.15) is 5.10 Å². The summed E-state index contributed by atoms with van der Waals surface area (Å²) in [6.07, 6.45) is 5.58. The first-order valence-corrected chi connectivity index (χ1v) is 7.49. The normalized spacial score (nSPS) is 16.2. The SMILES string of the molecule is Fc1ccc(-n2nc(C3CCOCC3)c3ccncc32)cc1. The second-order valence-electron chi connectivity index (χ2n) is 5.55. The molecule has 0 aliphatic carbocycles. The third-order valence-corrected chi connectivity index (χ3v) is 4.19. The Labute approximate surface area is 127 Å². The Bertz CT molecular complexity index is 791. The lowest BCUT2D eigenvalue weighted by atomic mass is 9.95. The van der Waals surface area contributed by atoms with Crippen LogP contribution >= 0.6 is 0 Å². The van der Waals surface area contributed by atoms with E-state index >= 15 is 0 Å². The Balaban J connectivity index is 1.86. The fraction of sp³-hybridized carbons (Fsp3) is 0.294. The Morgan fingerprint density at radius 1 is 1.09 bits per heavy atom. The van der Waals surface area contributed by atoms with Gasteiger partial charge in [0.05, 0.1) is 23.1 Å². The van der Waals surface area contributed by atoms with Crippen LogP contribution in [-0.2, 0) is 4.74 Å². The molecule has 1 aromatic carbocycles. The fourth-order valence-corrected chi connectivity index (χ4v) is 3.04. The summed E-state index contributed by atoms with van der Waals surface area (Å²) >= 11 is 0. The molecule has 0 N–H and O–H groups in total. The molecule has 2 aromatic heterocycles. The highest BCUT2D eigenvalue weighted by atomic mass is 19.1. The molecule has 4 rings (SSSR count). The van der Waals surface area contributed by atoms with Gasteiger partial charge < -0.3 is 4.74 Å². The summed E-state index contributed by atoms with van der Waals surface area (Å²) in [5.74, 6) is 0.156. The lowest BCUT2D eigenvalue weighted by molar-refractivity contribution is 0.0847. The first-order chi connectivity index (χ1) is 10.8. The van der Waals surface area contributed by atoms with Crippen LogP contribution in [0.15, 0.2) is 42.7 Å². The maximum absolute atomic E-state index is 13.2. The van der Waals surface area contributed by atoms with E-state index in [4.69, 9.17) is 9.84 Å². The molecule has 0 bridgehead atoms. The minimum atomic E-state index is -0.247. The highest BCUT2D eigenvalue weighted by molar-refractivity contribution is 5.83. The molecule has 0 unspecified atom stereocenters. The fourth-order valence-electron chi connectivity index (χ4n) is 3.04. The number of hydrogen-bond donors (Lipinski definition) is 0. The van der Waals surface area contributed by atoms with E-state index in [0.29, 0.717) is 5.92 Å². The average Bonchev–Trinajstić information content (AvgIpc) is 2.96. The predicted octanol–water partition coefficient (Wildman–Crippen LogP) is 3.45. The number of rotatable bonds is 2. The summed E-state index contributed by atoms with van der Waals surface area (Å²) in [5, 5.41) is 5.93. The number of hydrogen-bond acceptors (Lipinski definition) is 3. The van der Waals surface area contributed by atoms with E-state index < -0.39 is 0 Å². The van der Waals surface area contributed by atoms with Crippen molar-refractivity contribution in [2.24, 2.45) is 0 Å². The molecule has 0 atom stereocenters. The van der Waals surface area contributed by atoms with Crippen molar-refractivity contribution in [3.05, 3.63) is 54.2 Å². The van der Waals surface area contributed by atoms with Crippen molar-refractivity contribution in [2.45, 2.75) is 18.8 Å². The van der Waals surface area contributed by atoms with Crippen LogP contribution in [0, 0.1) is 5.82 Å². The van der Waals surface area contributed by atoms with Crippen molar-refractivity contribution < 1.29 is 9.13 Å². The summed E-state index contributed by atoms with van der Waals surface area (Å²) in [6.45, 7) is 1.56. The number of nitrogens with zero attached hydrogens (tertiary/aromatic N) is 3. The van der Waals surface area contributed by atoms with Gasteiger partial charge in [0.1, 0.15) is 5.82 Å². The largest absolute Gasteiger partial charge is 0.381 e. The Morgan fingerprint density at radius 3 is 2.64 bits per heavy atom. The van der Waals surface area contributed by atoms with Crippen molar-refractivity contribution in [3.63, 3.8) is 0 Å². The molecule has 1 aliphatic rings. The van der Waals surface area contributed by atoms with Gasteiger partial charge in [-0.3, -0.25) is 4.98 Å². The van der Waals surface area contributed by atoms with Crippen LogP contribution in [0.4, 0.5) is 4.39 Å². The molecule has 4 nitrogen and oxygen atoms in total. The number of halogens is 1. The van der Waals surface area contributed by atoms with Crippen LogP contribution in [-0.4, -0.2) is 28.0 Å². The van der Waals surface area contributed by atoms with Gasteiger partial charge in [-0.15, -0.1) is 0 Å². The molecule has 0 saturated carbocycles. The van der Waals surface area contributed by atoms with Crippen LogP contribution in [0.25, 0.3) is 16.6 Å². The highest BCUT2D eigenvalue weighted by Gasteiger charge is 2.22. The molecule has 112 valence electrons. The molecule has 0 amide bonds. The van der Waals surface area contributed by atoms with E-state index in [1.165, 1.54) is 12.1 Å². The van der Waals surface area contributed by atoms with Gasteiger partial charge in [0.15, 0.2) is 0 Å². The van der Waals surface area contributed by atoms with Gasteiger partial charge >= 0.3 is 0 Å². The maximum atomic E-state index is 13.2. The summed E-state index contributed by atoms with van der Waals surface area (Å²) in [6, 6.07) is 8.39. The van der Waals surface area contributed by atoms with E-state index in [1.807, 2.05) is 16.9 Å². The maximum Gasteiger partial charge on any atom is 0.123 e. The number of benzene rings is 1. The molecule has 3 heterocycles. The monoisotopic (exact) mass is 297 g/mol. The van der Waals surface area contributed by atoms with E-state index in [-0.39, 0.29) is 5.82 Å². The number of fused-ring (bicyclic) bond motifs is 1. The quantitative estimate of drug-likeness (QED) is 0.727. The first-order valence-electron chi connectivity index (χ1n) is 7.49. The van der Waals surface area contributed by atoms with Crippen LogP contribution in [0.5, 0.6) is 0 Å². The van der Waals surface area contributed by atoms with E-state index in [1.54, 1.807) is 18.3 Å². The van der Waals surface area contributed by atoms with Gasteiger partial charge in [-0.05, 0) is 43.2 Å². The molecular formula is C17H16FN3O. The topological polar surface area (TPSA) is 39.9 Å². The molecule has 1 aliphatic heterocycles. The molecular weight excluding hydrogens is 281 g/mol. The van der Waals surface area contributed by atoms with Gasteiger partial charge in [0, 0.05) is 30.7 Å². The van der Waals surface area contributed by atoms with Crippen molar-refractivity contribution in [3.8, 4) is 5.69 Å². The summed E-state index contributed by atoms with van der Waals surface area (Å²) in [7, 11) is 0. The lowest BCUT2D eigenvalue weighted by Gasteiger charge is -2.20. The summed E-state index contributed by atoms with van der Waals surface area (Å²) in [4.78, 5) is 4.22. The zero-order chi connectivity index (χ0) is 14.9. The molecule has 22 heavy (non-hydrogen) atoms. The molecule has 0 spiro atoms. The lowest BCUT2D eigenvalue weighted by Crippen LogP contribution is -2.15. The van der Waals surface area contributed by atoms with Crippen molar-refractivity contribution >= 4 is 10.9 Å². The van der Waals surface area contributed by atoms with Gasteiger partial charge in [-0.25, -0.2) is 9.07 Å². The minimum absolute atomic E-state index is 0.247. The van der Waals surface area contributed by atoms with E-state index in [9.17, 15) is 4.39 Å². The van der Waals surface area contributed by atoms with Gasteiger partial charge in [0.2, 0.25) is 0 Å². The van der Waals surface area contributed by atoms with Crippen LogP contribution in [0.2, 0.25) is 0 Å². The number of aromatic nitrogens is 3. The predicted molar refractivity (Wildman–Crippen MR) is 81.6 cm³/mol. The van der Waals surface area contributed by atoms with E-state index in [2.05, 4.69) is 4.98 Å². The molecule has 3 aromatic rings. The molecule has 1 fully saturated rings. The van der Waals surface area contributed by atoms with Crippen molar-refractivity contribution in [1.82, 2.24) is 14.8 Å². The second-order valence-corrected chi connectivity index (χ2v) is 5.55. The van der Waals surface area contributed by atoms with Crippen LogP contribution in [0.3, 0.4) is 0 Å². The summed E-state index contributed by atoms with van der Waals surface area (Å²) < 4.78 is 20.5. The van der Waals surface area contributed by atoms with Crippen LogP contribution < -0.4 is 0 Å². The van der Waals surface area contributed by atoms with Crippen molar-refractivity contribution in [2.75, 3.05) is 13.2 Å². The standard InChI is InChI=1S/C17H16FN3O/c18-13-1-3-14(4-2-13)21-16-11-19-8-5-15(16)17(20-21)12-6-9-22-10-7-12/h1-5,8,11-12H,6-7,9-10H2. The third-order valence-electron chi connectivity index (χ3n) is 4.19. The zero-order valence-corrected chi connectivity index (χ0v) is 12.1. The molecule has 5 heteroatoms. The number of ether oxygens (including phenoxy) is 1. The summed E-state index contributed by atoms with van der Waals surface area (Å²) in [5.41, 5.74) is 2.89. The molecule has 1 saturated heterocycles. The Morgan fingerprint density at radius 2 is 1.86 bits per heavy atom.